The highest BCUT2D eigenvalue weighted by Crippen LogP contribution is 2.20. The van der Waals surface area contributed by atoms with Crippen molar-refractivity contribution in [3.05, 3.63) is 16.1 Å². The first-order valence-corrected chi connectivity index (χ1v) is 7.80. The third kappa shape index (κ3) is 6.34. The maximum absolute atomic E-state index is 11.8. The van der Waals surface area contributed by atoms with Crippen LogP contribution in [0.15, 0.2) is 5.38 Å². The Kier molecular flexibility index (Phi) is 6.42. The normalized spacial score (nSPS) is 13.1. The first-order chi connectivity index (χ1) is 9.34. The maximum atomic E-state index is 11.8. The molecule has 20 heavy (non-hydrogen) atoms. The Morgan fingerprint density at radius 1 is 1.50 bits per heavy atom. The molecule has 3 N–H and O–H groups in total. The molecule has 114 valence electrons. The molecule has 0 spiro atoms. The molecule has 0 saturated carbocycles. The maximum Gasteiger partial charge on any atom is 0.315 e. The van der Waals surface area contributed by atoms with Gasteiger partial charge in [0.1, 0.15) is 0 Å². The van der Waals surface area contributed by atoms with E-state index in [-0.39, 0.29) is 24.1 Å². The zero-order valence-corrected chi connectivity index (χ0v) is 13.5. The van der Waals surface area contributed by atoms with E-state index >= 15 is 0 Å². The third-order valence-corrected chi connectivity index (χ3v) is 3.79. The van der Waals surface area contributed by atoms with Crippen molar-refractivity contribution in [3.63, 3.8) is 0 Å². The lowest BCUT2D eigenvalue weighted by Crippen LogP contribution is -2.45. The molecule has 0 aliphatic rings. The fourth-order valence-electron chi connectivity index (χ4n) is 1.90. The summed E-state index contributed by atoms with van der Waals surface area (Å²) in [6, 6.07) is -0.490. The molecule has 1 rings (SSSR count). The summed E-state index contributed by atoms with van der Waals surface area (Å²) in [5.74, 6) is 0. The van der Waals surface area contributed by atoms with Crippen LogP contribution in [0, 0.1) is 5.41 Å². The van der Waals surface area contributed by atoms with Crippen LogP contribution in [0.4, 0.5) is 4.79 Å². The second-order valence-electron chi connectivity index (χ2n) is 6.06. The minimum Gasteiger partial charge on any atom is -0.394 e. The number of aryl methyl sites for hydroxylation is 1. The fourth-order valence-corrected chi connectivity index (χ4v) is 2.64. The topological polar surface area (TPSA) is 74.2 Å². The fraction of sp³-hybridized carbons (Fsp3) is 0.714. The molecule has 1 aromatic heterocycles. The summed E-state index contributed by atoms with van der Waals surface area (Å²) in [7, 11) is 0. The minimum absolute atomic E-state index is 0.0542. The Bertz CT molecular complexity index is 426. The van der Waals surface area contributed by atoms with Gasteiger partial charge in [0.05, 0.1) is 29.9 Å². The Balaban J connectivity index is 2.38. The highest BCUT2D eigenvalue weighted by Gasteiger charge is 2.19. The number of amides is 2. The number of hydrogen-bond donors (Lipinski definition) is 3. The average molecular weight is 299 g/mol. The van der Waals surface area contributed by atoms with Crippen molar-refractivity contribution in [2.45, 2.75) is 53.1 Å². The molecular weight excluding hydrogens is 274 g/mol. The van der Waals surface area contributed by atoms with Crippen LogP contribution in [0.3, 0.4) is 0 Å². The number of rotatable bonds is 6. The summed E-state index contributed by atoms with van der Waals surface area (Å²) >= 11 is 1.60. The van der Waals surface area contributed by atoms with Gasteiger partial charge in [-0.05, 0) is 18.3 Å². The van der Waals surface area contributed by atoms with Crippen molar-refractivity contribution in [2.24, 2.45) is 5.41 Å². The molecule has 1 aromatic rings. The second-order valence-corrected chi connectivity index (χ2v) is 7.00. The van der Waals surface area contributed by atoms with E-state index in [0.717, 1.165) is 23.5 Å². The second kappa shape index (κ2) is 7.59. The number of hydrogen-bond acceptors (Lipinski definition) is 4. The SMILES string of the molecule is CCc1nc(CNC(=O)NC(CO)CC(C)(C)C)cs1. The summed E-state index contributed by atoms with van der Waals surface area (Å²) in [5.41, 5.74) is 0.935. The standard InChI is InChI=1S/C14H25N3O2S/c1-5-12-16-11(9-20-12)7-15-13(19)17-10(8-18)6-14(2,3)4/h9-10,18H,5-8H2,1-4H3,(H2,15,17,19). The first kappa shape index (κ1) is 16.9. The molecule has 0 aromatic carbocycles. The monoisotopic (exact) mass is 299 g/mol. The third-order valence-electron chi connectivity index (χ3n) is 2.75. The Hall–Kier alpha value is -1.14. The number of nitrogens with zero attached hydrogens (tertiary/aromatic N) is 1. The number of aliphatic hydroxyl groups is 1. The molecule has 1 heterocycles. The van der Waals surface area contributed by atoms with Gasteiger partial charge in [-0.2, -0.15) is 0 Å². The number of nitrogens with one attached hydrogen (secondary N) is 2. The summed E-state index contributed by atoms with van der Waals surface area (Å²) in [6.07, 6.45) is 1.64. The lowest BCUT2D eigenvalue weighted by atomic mass is 9.88. The molecule has 1 unspecified atom stereocenters. The van der Waals surface area contributed by atoms with Crippen LogP contribution in [0.5, 0.6) is 0 Å². The molecule has 5 nitrogen and oxygen atoms in total. The predicted molar refractivity (Wildman–Crippen MR) is 81.8 cm³/mol. The quantitative estimate of drug-likeness (QED) is 0.754. The zero-order valence-electron chi connectivity index (χ0n) is 12.7. The van der Waals surface area contributed by atoms with E-state index in [1.165, 1.54) is 0 Å². The number of aromatic nitrogens is 1. The first-order valence-electron chi connectivity index (χ1n) is 6.92. The van der Waals surface area contributed by atoms with Crippen molar-refractivity contribution in [1.82, 2.24) is 15.6 Å². The molecular formula is C14H25N3O2S. The van der Waals surface area contributed by atoms with Gasteiger partial charge < -0.3 is 15.7 Å². The van der Waals surface area contributed by atoms with Crippen molar-refractivity contribution in [1.29, 1.82) is 0 Å². The Morgan fingerprint density at radius 3 is 2.70 bits per heavy atom. The van der Waals surface area contributed by atoms with Gasteiger partial charge in [0, 0.05) is 5.38 Å². The largest absolute Gasteiger partial charge is 0.394 e. The van der Waals surface area contributed by atoms with Crippen LogP contribution >= 0.6 is 11.3 Å². The lowest BCUT2D eigenvalue weighted by Gasteiger charge is -2.25. The van der Waals surface area contributed by atoms with Crippen LogP contribution in [-0.4, -0.2) is 28.8 Å². The van der Waals surface area contributed by atoms with E-state index < -0.39 is 0 Å². The van der Waals surface area contributed by atoms with Crippen molar-refractivity contribution in [3.8, 4) is 0 Å². The van der Waals surface area contributed by atoms with Crippen LogP contribution in [0.2, 0.25) is 0 Å². The number of thiazole rings is 1. The summed E-state index contributed by atoms with van der Waals surface area (Å²) in [6.45, 7) is 8.66. The molecule has 2 amide bonds. The van der Waals surface area contributed by atoms with Crippen LogP contribution in [0.25, 0.3) is 0 Å². The van der Waals surface area contributed by atoms with Gasteiger partial charge in [0.25, 0.3) is 0 Å². The van der Waals surface area contributed by atoms with Gasteiger partial charge >= 0.3 is 6.03 Å². The van der Waals surface area contributed by atoms with Gasteiger partial charge in [-0.1, -0.05) is 27.7 Å². The van der Waals surface area contributed by atoms with E-state index in [0.29, 0.717) is 6.54 Å². The van der Waals surface area contributed by atoms with E-state index in [2.05, 4.69) is 43.3 Å². The predicted octanol–water partition coefficient (Wildman–Crippen LogP) is 2.30. The number of aliphatic hydroxyl groups excluding tert-OH is 1. The lowest BCUT2D eigenvalue weighted by molar-refractivity contribution is 0.190. The number of urea groups is 1. The van der Waals surface area contributed by atoms with Crippen LogP contribution in [0.1, 0.15) is 44.8 Å². The molecule has 0 fully saturated rings. The van der Waals surface area contributed by atoms with Crippen molar-refractivity contribution in [2.75, 3.05) is 6.61 Å². The highest BCUT2D eigenvalue weighted by atomic mass is 32.1. The van der Waals surface area contributed by atoms with Gasteiger partial charge in [-0.15, -0.1) is 11.3 Å². The smallest absolute Gasteiger partial charge is 0.315 e. The molecule has 6 heteroatoms. The van der Waals surface area contributed by atoms with E-state index in [1.807, 2.05) is 5.38 Å². The summed E-state index contributed by atoms with van der Waals surface area (Å²) < 4.78 is 0. The summed E-state index contributed by atoms with van der Waals surface area (Å²) in [5, 5.41) is 17.9. The van der Waals surface area contributed by atoms with Crippen LogP contribution < -0.4 is 10.6 Å². The van der Waals surface area contributed by atoms with Gasteiger partial charge in [-0.25, -0.2) is 9.78 Å². The molecule has 0 radical (unpaired) electrons. The van der Waals surface area contributed by atoms with E-state index in [9.17, 15) is 9.90 Å². The van der Waals surface area contributed by atoms with Crippen LogP contribution in [-0.2, 0) is 13.0 Å². The minimum atomic E-state index is -0.264. The van der Waals surface area contributed by atoms with Gasteiger partial charge in [0.15, 0.2) is 0 Å². The zero-order chi connectivity index (χ0) is 15.2. The molecule has 0 bridgehead atoms. The van der Waals surface area contributed by atoms with Gasteiger partial charge in [0.2, 0.25) is 0 Å². The molecule has 0 aliphatic carbocycles. The van der Waals surface area contributed by atoms with Crippen molar-refractivity contribution >= 4 is 17.4 Å². The number of carbonyl (C=O) groups excluding carboxylic acids is 1. The van der Waals surface area contributed by atoms with Gasteiger partial charge in [-0.3, -0.25) is 0 Å². The molecule has 1 atom stereocenters. The number of carbonyl (C=O) groups is 1. The molecule has 0 aliphatic heterocycles. The van der Waals surface area contributed by atoms with E-state index in [4.69, 9.17) is 0 Å². The highest BCUT2D eigenvalue weighted by molar-refractivity contribution is 7.09. The molecule has 0 saturated heterocycles. The Morgan fingerprint density at radius 2 is 2.20 bits per heavy atom. The Labute approximate surface area is 124 Å². The average Bonchev–Trinajstić information content (AvgIpc) is 2.82. The van der Waals surface area contributed by atoms with E-state index in [1.54, 1.807) is 11.3 Å². The summed E-state index contributed by atoms with van der Waals surface area (Å²) in [4.78, 5) is 16.2. The van der Waals surface area contributed by atoms with Crippen molar-refractivity contribution < 1.29 is 9.90 Å².